The Morgan fingerprint density at radius 1 is 0.868 bits per heavy atom. The smallest absolute Gasteiger partial charge is 0.305 e. The van der Waals surface area contributed by atoms with Crippen molar-refractivity contribution >= 4 is 79.4 Å². The third-order valence-corrected chi connectivity index (χ3v) is 6.70. The topological polar surface area (TPSA) is 217 Å². The van der Waals surface area contributed by atoms with Crippen LogP contribution in [0.4, 0.5) is 5.69 Å². The van der Waals surface area contributed by atoms with Gasteiger partial charge in [0.25, 0.3) is 0 Å². The van der Waals surface area contributed by atoms with Gasteiger partial charge in [0.15, 0.2) is 5.11 Å². The Kier molecular flexibility index (Phi) is 11.4. The maximum atomic E-state index is 12.9. The number of carboxylic acid groups (broad SMARTS) is 2. The van der Waals surface area contributed by atoms with Gasteiger partial charge in [-0.25, -0.2) is 13.6 Å². The SMILES string of the molecule is NS(=O)(=O)c1ccc(NC(=S)N[C@@H](CC(=O)O)C(=O)N[C@@H](CC(=O)O)C(=O)NCc2ccc(I)cc2)cc1. The van der Waals surface area contributed by atoms with Gasteiger partial charge in [-0.15, -0.1) is 0 Å². The molecule has 8 N–H and O–H groups in total. The van der Waals surface area contributed by atoms with Crippen molar-refractivity contribution < 1.29 is 37.8 Å². The molecule has 0 aliphatic carbocycles. The summed E-state index contributed by atoms with van der Waals surface area (Å²) in [5.74, 6) is -4.47. The molecule has 16 heteroatoms. The Hall–Kier alpha value is -3.35. The van der Waals surface area contributed by atoms with Crippen LogP contribution >= 0.6 is 34.8 Å². The Balaban J connectivity index is 2.07. The first-order chi connectivity index (χ1) is 17.7. The molecule has 0 saturated heterocycles. The number of benzene rings is 2. The minimum absolute atomic E-state index is 0.0802. The van der Waals surface area contributed by atoms with Crippen LogP contribution in [0, 0.1) is 3.57 Å². The number of thiocarbonyl (C=S) groups is 1. The van der Waals surface area contributed by atoms with Crippen molar-refractivity contribution in [1.82, 2.24) is 16.0 Å². The van der Waals surface area contributed by atoms with E-state index in [-0.39, 0.29) is 16.6 Å². The Labute approximate surface area is 236 Å². The largest absolute Gasteiger partial charge is 0.481 e. The van der Waals surface area contributed by atoms with E-state index in [1.807, 2.05) is 12.1 Å². The molecule has 2 amide bonds. The average molecular weight is 677 g/mol. The lowest BCUT2D eigenvalue weighted by molar-refractivity contribution is -0.142. The van der Waals surface area contributed by atoms with E-state index >= 15 is 0 Å². The third kappa shape index (κ3) is 10.6. The number of amides is 2. The lowest BCUT2D eigenvalue weighted by Crippen LogP contribution is -2.55. The predicted molar refractivity (Wildman–Crippen MR) is 148 cm³/mol. The Morgan fingerprint density at radius 3 is 1.89 bits per heavy atom. The first kappa shape index (κ1) is 30.9. The van der Waals surface area contributed by atoms with E-state index in [1.165, 1.54) is 24.3 Å². The van der Waals surface area contributed by atoms with Crippen LogP contribution in [0.1, 0.15) is 18.4 Å². The molecular weight excluding hydrogens is 653 g/mol. The summed E-state index contributed by atoms with van der Waals surface area (Å²) in [6.07, 6.45) is -1.49. The number of hydrogen-bond donors (Lipinski definition) is 7. The van der Waals surface area contributed by atoms with Gasteiger partial charge in [-0.05, 0) is 76.8 Å². The van der Waals surface area contributed by atoms with E-state index < -0.39 is 58.7 Å². The number of aliphatic carboxylic acids is 2. The molecule has 0 bridgehead atoms. The van der Waals surface area contributed by atoms with Gasteiger partial charge in [0.2, 0.25) is 21.8 Å². The van der Waals surface area contributed by atoms with Gasteiger partial charge >= 0.3 is 11.9 Å². The number of carbonyl (C=O) groups is 4. The number of sulfonamides is 1. The summed E-state index contributed by atoms with van der Waals surface area (Å²) in [6.45, 7) is 0.0802. The van der Waals surface area contributed by atoms with Crippen LogP contribution in [0.3, 0.4) is 0 Å². The monoisotopic (exact) mass is 677 g/mol. The molecule has 0 radical (unpaired) electrons. The molecule has 2 atom stereocenters. The molecule has 0 aromatic heterocycles. The minimum Gasteiger partial charge on any atom is -0.481 e. The molecule has 2 rings (SSSR count). The van der Waals surface area contributed by atoms with Crippen molar-refractivity contribution in [3.8, 4) is 0 Å². The molecule has 0 aliphatic rings. The van der Waals surface area contributed by atoms with E-state index in [9.17, 15) is 37.8 Å². The molecule has 2 aromatic rings. The molecule has 0 spiro atoms. The van der Waals surface area contributed by atoms with E-state index in [1.54, 1.807) is 12.1 Å². The van der Waals surface area contributed by atoms with Gasteiger partial charge in [0, 0.05) is 15.8 Å². The zero-order valence-corrected chi connectivity index (χ0v) is 23.3. The standard InChI is InChI=1S/C22H24IN5O8S2/c23-13-3-1-12(2-4-13)11-25-20(33)16(9-18(29)30)27-21(34)17(10-19(31)32)28-22(37)26-14-5-7-15(8-6-14)38(24,35)36/h1-8,16-17H,9-11H2,(H,25,33)(H,27,34)(H,29,30)(H,31,32)(H2,24,35,36)(H2,26,28,37)/t16-,17-/m0/s1. The maximum absolute atomic E-state index is 12.9. The van der Waals surface area contributed by atoms with Crippen molar-refractivity contribution in [3.63, 3.8) is 0 Å². The molecule has 2 aromatic carbocycles. The zero-order chi connectivity index (χ0) is 28.5. The number of carbonyl (C=O) groups excluding carboxylic acids is 2. The first-order valence-electron chi connectivity index (χ1n) is 10.7. The van der Waals surface area contributed by atoms with Crippen LogP contribution in [-0.4, -0.2) is 59.6 Å². The van der Waals surface area contributed by atoms with Crippen molar-refractivity contribution in [2.24, 2.45) is 5.14 Å². The number of primary sulfonamides is 1. The highest BCUT2D eigenvalue weighted by Gasteiger charge is 2.29. The van der Waals surface area contributed by atoms with Crippen molar-refractivity contribution in [2.45, 2.75) is 36.4 Å². The number of nitrogens with one attached hydrogen (secondary N) is 4. The van der Waals surface area contributed by atoms with E-state index in [0.717, 1.165) is 9.13 Å². The van der Waals surface area contributed by atoms with Crippen molar-refractivity contribution in [1.29, 1.82) is 0 Å². The molecule has 0 aliphatic heterocycles. The second kappa shape index (κ2) is 14.0. The molecule has 0 saturated carbocycles. The maximum Gasteiger partial charge on any atom is 0.305 e. The fourth-order valence-corrected chi connectivity index (χ4v) is 4.14. The summed E-state index contributed by atoms with van der Waals surface area (Å²) >= 11 is 7.24. The normalized spacial score (nSPS) is 12.5. The first-order valence-corrected chi connectivity index (χ1v) is 13.7. The molecule has 204 valence electrons. The van der Waals surface area contributed by atoms with E-state index in [4.69, 9.17) is 17.4 Å². The number of nitrogens with two attached hydrogens (primary N) is 1. The van der Waals surface area contributed by atoms with E-state index in [0.29, 0.717) is 5.69 Å². The summed E-state index contributed by atoms with van der Waals surface area (Å²) in [6, 6.07) is 9.36. The quantitative estimate of drug-likeness (QED) is 0.120. The molecule has 0 unspecified atom stereocenters. The number of rotatable bonds is 12. The number of carboxylic acids is 2. The molecule has 13 nitrogen and oxygen atoms in total. The molecular formula is C22H24IN5O8S2. The van der Waals surface area contributed by atoms with Crippen LogP contribution < -0.4 is 26.4 Å². The second-order valence-electron chi connectivity index (χ2n) is 7.82. The zero-order valence-electron chi connectivity index (χ0n) is 19.5. The number of hydrogen-bond acceptors (Lipinski definition) is 7. The molecule has 0 fully saturated rings. The van der Waals surface area contributed by atoms with Crippen LogP contribution in [0.25, 0.3) is 0 Å². The van der Waals surface area contributed by atoms with Crippen molar-refractivity contribution in [2.75, 3.05) is 5.32 Å². The van der Waals surface area contributed by atoms with Gasteiger partial charge in [-0.1, -0.05) is 12.1 Å². The Bertz CT molecular complexity index is 1300. The van der Waals surface area contributed by atoms with Gasteiger partial charge < -0.3 is 31.5 Å². The van der Waals surface area contributed by atoms with Gasteiger partial charge in [-0.3, -0.25) is 19.2 Å². The summed E-state index contributed by atoms with van der Waals surface area (Å²) in [5, 5.41) is 33.3. The average Bonchev–Trinajstić information content (AvgIpc) is 2.81. The number of halogens is 1. The predicted octanol–water partition coefficient (Wildman–Crippen LogP) is 0.344. The van der Waals surface area contributed by atoms with Crippen LogP contribution in [0.5, 0.6) is 0 Å². The molecule has 0 heterocycles. The van der Waals surface area contributed by atoms with Crippen LogP contribution in [-0.2, 0) is 35.7 Å². The van der Waals surface area contributed by atoms with Gasteiger partial charge in [0.05, 0.1) is 17.7 Å². The highest BCUT2D eigenvalue weighted by Crippen LogP contribution is 2.13. The van der Waals surface area contributed by atoms with Crippen LogP contribution in [0.2, 0.25) is 0 Å². The lowest BCUT2D eigenvalue weighted by Gasteiger charge is -2.22. The highest BCUT2D eigenvalue weighted by atomic mass is 127. The fraction of sp³-hybridized carbons (Fsp3) is 0.227. The number of anilines is 1. The van der Waals surface area contributed by atoms with E-state index in [2.05, 4.69) is 43.9 Å². The third-order valence-electron chi connectivity index (χ3n) is 4.83. The molecule has 38 heavy (non-hydrogen) atoms. The Morgan fingerprint density at radius 2 is 1.39 bits per heavy atom. The van der Waals surface area contributed by atoms with Crippen LogP contribution in [0.15, 0.2) is 53.4 Å². The fourth-order valence-electron chi connectivity index (χ4n) is 3.01. The summed E-state index contributed by atoms with van der Waals surface area (Å²) in [7, 11) is -3.91. The minimum atomic E-state index is -3.91. The van der Waals surface area contributed by atoms with Gasteiger partial charge in [-0.2, -0.15) is 0 Å². The summed E-state index contributed by atoms with van der Waals surface area (Å²) in [5.41, 5.74) is 1.06. The highest BCUT2D eigenvalue weighted by molar-refractivity contribution is 14.1. The summed E-state index contributed by atoms with van der Waals surface area (Å²) < 4.78 is 23.7. The second-order valence-corrected chi connectivity index (χ2v) is 11.0. The lowest BCUT2D eigenvalue weighted by atomic mass is 10.1. The van der Waals surface area contributed by atoms with Crippen molar-refractivity contribution in [3.05, 3.63) is 57.7 Å². The van der Waals surface area contributed by atoms with Gasteiger partial charge in [0.1, 0.15) is 12.1 Å². The summed E-state index contributed by atoms with van der Waals surface area (Å²) in [4.78, 5) is 48.0.